The largest absolute Gasteiger partial charge is 0.321 e. The molecule has 3 N–H and O–H groups in total. The third-order valence-electron chi connectivity index (χ3n) is 5.57. The van der Waals surface area contributed by atoms with E-state index >= 15 is 0 Å². The van der Waals surface area contributed by atoms with Crippen molar-refractivity contribution in [2.75, 3.05) is 6.54 Å². The van der Waals surface area contributed by atoms with Gasteiger partial charge in [-0.1, -0.05) is 6.92 Å². The van der Waals surface area contributed by atoms with E-state index in [-0.39, 0.29) is 5.13 Å². The molecule has 0 aromatic carbocycles. The third kappa shape index (κ3) is 3.62. The van der Waals surface area contributed by atoms with Crippen LogP contribution < -0.4 is 5.32 Å². The molecule has 6 heterocycles. The maximum atomic E-state index is 13.6. The number of hydrogen-bond donors (Lipinski definition) is 3. The van der Waals surface area contributed by atoms with E-state index in [1.54, 1.807) is 12.3 Å². The van der Waals surface area contributed by atoms with E-state index < -0.39 is 0 Å². The smallest absolute Gasteiger partial charge is 0.176 e. The Labute approximate surface area is 197 Å². The van der Waals surface area contributed by atoms with Crippen molar-refractivity contribution in [3.05, 3.63) is 65.8 Å². The summed E-state index contributed by atoms with van der Waals surface area (Å²) >= 11 is 1.08. The summed E-state index contributed by atoms with van der Waals surface area (Å²) in [5, 5.41) is 11.4. The van der Waals surface area contributed by atoms with Gasteiger partial charge in [0.05, 0.1) is 5.39 Å². The zero-order valence-corrected chi connectivity index (χ0v) is 18.9. The number of imidazole rings is 1. The summed E-state index contributed by atoms with van der Waals surface area (Å²) in [5.74, 6) is 0.566. The first-order chi connectivity index (χ1) is 16.7. The lowest BCUT2D eigenvalue weighted by atomic mass is 10.1. The van der Waals surface area contributed by atoms with Gasteiger partial charge in [-0.25, -0.2) is 15.0 Å². The Morgan fingerprint density at radius 1 is 1.03 bits per heavy atom. The van der Waals surface area contributed by atoms with Gasteiger partial charge in [0, 0.05) is 52.9 Å². The number of aromatic nitrogens is 7. The van der Waals surface area contributed by atoms with Gasteiger partial charge < -0.3 is 10.3 Å². The number of fused-ring (bicyclic) bond motifs is 2. The first-order valence-corrected chi connectivity index (χ1v) is 11.6. The number of halogens is 1. The lowest BCUT2D eigenvalue weighted by molar-refractivity contribution is 0.657. The van der Waals surface area contributed by atoms with Crippen LogP contribution in [0.3, 0.4) is 0 Å². The molecule has 0 spiro atoms. The highest BCUT2D eigenvalue weighted by molar-refractivity contribution is 7.14. The van der Waals surface area contributed by atoms with E-state index in [9.17, 15) is 4.39 Å². The van der Waals surface area contributed by atoms with Crippen molar-refractivity contribution in [2.45, 2.75) is 13.5 Å². The summed E-state index contributed by atoms with van der Waals surface area (Å²) in [4.78, 5) is 22.2. The SMILES string of the molecule is CCNCc1cncc(-c2cnc3[nH]nc(-c4nc5c(-c6ccc(F)s6)ccnc5[nH]4)c3c2)c1. The van der Waals surface area contributed by atoms with Gasteiger partial charge in [-0.3, -0.25) is 10.1 Å². The molecule has 0 aliphatic rings. The maximum absolute atomic E-state index is 13.6. The molecule has 168 valence electrons. The van der Waals surface area contributed by atoms with Gasteiger partial charge in [0.25, 0.3) is 0 Å². The molecule has 10 heteroatoms. The summed E-state index contributed by atoms with van der Waals surface area (Å²) in [5.41, 5.74) is 6.42. The van der Waals surface area contributed by atoms with Gasteiger partial charge in [-0.05, 0) is 42.4 Å². The minimum absolute atomic E-state index is 0.239. The second kappa shape index (κ2) is 8.40. The Kier molecular flexibility index (Phi) is 5.08. The standard InChI is InChI=1S/C24H19FN8S/c1-2-26-9-13-7-14(11-27-10-13)15-8-17-21(32-33-22(17)29-12-15)24-30-20-16(5-6-28-23(20)31-24)18-3-4-19(25)34-18/h3-8,10-12,26H,2,9H2,1H3,(H,28,30,31)(H,29,32,33). The summed E-state index contributed by atoms with van der Waals surface area (Å²) in [7, 11) is 0. The fraction of sp³-hybridized carbons (Fsp3) is 0.125. The first kappa shape index (κ1) is 20.6. The van der Waals surface area contributed by atoms with Crippen LogP contribution in [0.15, 0.2) is 55.1 Å². The van der Waals surface area contributed by atoms with E-state index in [1.807, 2.05) is 30.7 Å². The molecule has 0 bridgehead atoms. The van der Waals surface area contributed by atoms with Crippen LogP contribution in [0.4, 0.5) is 4.39 Å². The topological polar surface area (TPSA) is 108 Å². The van der Waals surface area contributed by atoms with Crippen LogP contribution in [0.1, 0.15) is 12.5 Å². The highest BCUT2D eigenvalue weighted by atomic mass is 32.1. The maximum Gasteiger partial charge on any atom is 0.176 e. The van der Waals surface area contributed by atoms with Crippen LogP contribution in [-0.2, 0) is 6.54 Å². The quantitative estimate of drug-likeness (QED) is 0.318. The molecule has 8 nitrogen and oxygen atoms in total. The number of pyridine rings is 3. The average molecular weight is 471 g/mol. The molecule has 0 atom stereocenters. The molecule has 0 radical (unpaired) electrons. The Morgan fingerprint density at radius 2 is 1.94 bits per heavy atom. The molecule has 0 aliphatic heterocycles. The minimum Gasteiger partial charge on any atom is -0.321 e. The van der Waals surface area contributed by atoms with Crippen LogP contribution in [0.5, 0.6) is 0 Å². The molecule has 6 aromatic rings. The molecule has 0 saturated heterocycles. The molecular weight excluding hydrogens is 451 g/mol. The van der Waals surface area contributed by atoms with Gasteiger partial charge in [-0.15, -0.1) is 11.3 Å². The summed E-state index contributed by atoms with van der Waals surface area (Å²) in [6, 6.07) is 9.19. The lowest BCUT2D eigenvalue weighted by Gasteiger charge is -2.05. The number of thiophene rings is 1. The number of nitrogens with zero attached hydrogens (tertiary/aromatic N) is 5. The molecule has 0 saturated carbocycles. The Bertz CT molecular complexity index is 1630. The predicted octanol–water partition coefficient (Wildman–Crippen LogP) is 4.94. The third-order valence-corrected chi connectivity index (χ3v) is 6.48. The van der Waals surface area contributed by atoms with Gasteiger partial charge >= 0.3 is 0 Å². The van der Waals surface area contributed by atoms with E-state index in [0.717, 1.165) is 56.9 Å². The van der Waals surface area contributed by atoms with Crippen LogP contribution in [-0.4, -0.2) is 41.7 Å². The number of rotatable bonds is 6. The van der Waals surface area contributed by atoms with Crippen LogP contribution in [0.25, 0.3) is 55.3 Å². The van der Waals surface area contributed by atoms with Crippen LogP contribution >= 0.6 is 11.3 Å². The Balaban J connectivity index is 1.44. The molecular formula is C24H19FN8S. The van der Waals surface area contributed by atoms with Gasteiger partial charge in [0.1, 0.15) is 11.2 Å². The van der Waals surface area contributed by atoms with E-state index in [1.165, 1.54) is 6.07 Å². The van der Waals surface area contributed by atoms with Crippen molar-refractivity contribution < 1.29 is 4.39 Å². The highest BCUT2D eigenvalue weighted by Gasteiger charge is 2.17. The normalized spacial score (nSPS) is 11.6. The number of aromatic amines is 2. The number of hydrogen-bond acceptors (Lipinski definition) is 7. The average Bonchev–Trinajstić information content (AvgIpc) is 3.59. The Morgan fingerprint density at radius 3 is 2.79 bits per heavy atom. The number of H-pyrrole nitrogens is 2. The summed E-state index contributed by atoms with van der Waals surface area (Å²) < 4.78 is 13.6. The van der Waals surface area contributed by atoms with Crippen molar-refractivity contribution >= 4 is 33.5 Å². The number of nitrogens with one attached hydrogen (secondary N) is 3. The predicted molar refractivity (Wildman–Crippen MR) is 131 cm³/mol. The summed E-state index contributed by atoms with van der Waals surface area (Å²) in [6.07, 6.45) is 7.18. The fourth-order valence-corrected chi connectivity index (χ4v) is 4.69. The van der Waals surface area contributed by atoms with Crippen molar-refractivity contribution in [3.8, 4) is 33.1 Å². The zero-order valence-electron chi connectivity index (χ0n) is 18.1. The summed E-state index contributed by atoms with van der Waals surface area (Å²) in [6.45, 7) is 3.73. The van der Waals surface area contributed by atoms with Crippen LogP contribution in [0.2, 0.25) is 0 Å². The Hall–Kier alpha value is -4.02. The highest BCUT2D eigenvalue weighted by Crippen LogP contribution is 2.34. The second-order valence-corrected chi connectivity index (χ2v) is 8.83. The van der Waals surface area contributed by atoms with Gasteiger partial charge in [0.2, 0.25) is 0 Å². The fourth-order valence-electron chi connectivity index (χ4n) is 3.93. The molecule has 0 fully saturated rings. The molecule has 0 aliphatic carbocycles. The molecule has 0 unspecified atom stereocenters. The van der Waals surface area contributed by atoms with Gasteiger partial charge in [-0.2, -0.15) is 9.49 Å². The minimum atomic E-state index is -0.239. The van der Waals surface area contributed by atoms with Crippen molar-refractivity contribution in [1.29, 1.82) is 0 Å². The van der Waals surface area contributed by atoms with E-state index in [0.29, 0.717) is 28.3 Å². The zero-order chi connectivity index (χ0) is 23.1. The van der Waals surface area contributed by atoms with Crippen molar-refractivity contribution in [2.24, 2.45) is 0 Å². The van der Waals surface area contributed by atoms with Gasteiger partial charge in [0.15, 0.2) is 22.2 Å². The van der Waals surface area contributed by atoms with E-state index in [2.05, 4.69) is 48.4 Å². The van der Waals surface area contributed by atoms with Crippen molar-refractivity contribution in [3.63, 3.8) is 0 Å². The van der Waals surface area contributed by atoms with Crippen molar-refractivity contribution in [1.82, 2.24) is 40.4 Å². The molecule has 0 amide bonds. The monoisotopic (exact) mass is 470 g/mol. The molecule has 34 heavy (non-hydrogen) atoms. The molecule has 6 aromatic heterocycles. The van der Waals surface area contributed by atoms with E-state index in [4.69, 9.17) is 4.98 Å². The first-order valence-electron chi connectivity index (χ1n) is 10.8. The molecule has 6 rings (SSSR count). The second-order valence-electron chi connectivity index (χ2n) is 7.80. The van der Waals surface area contributed by atoms with Crippen LogP contribution in [0, 0.1) is 5.13 Å². The lowest BCUT2D eigenvalue weighted by Crippen LogP contribution is -2.11.